The van der Waals surface area contributed by atoms with Crippen molar-refractivity contribution in [1.29, 1.82) is 0 Å². The Labute approximate surface area is 154 Å². The van der Waals surface area contributed by atoms with Crippen LogP contribution in [0.3, 0.4) is 0 Å². The Bertz CT molecular complexity index is 792. The van der Waals surface area contributed by atoms with Crippen LogP contribution in [0.5, 0.6) is 5.75 Å². The van der Waals surface area contributed by atoms with Crippen LogP contribution in [-0.2, 0) is 16.0 Å². The van der Waals surface area contributed by atoms with Gasteiger partial charge in [-0.3, -0.25) is 9.59 Å². The number of hydrogen-bond acceptors (Lipinski definition) is 5. The zero-order valence-electron chi connectivity index (χ0n) is 14.0. The maximum Gasteiger partial charge on any atom is 0.326 e. The van der Waals surface area contributed by atoms with E-state index in [9.17, 15) is 19.5 Å². The predicted molar refractivity (Wildman–Crippen MR) is 93.4 cm³/mol. The number of imidazole rings is 1. The van der Waals surface area contributed by atoms with Crippen LogP contribution in [0, 0.1) is 0 Å². The van der Waals surface area contributed by atoms with Gasteiger partial charge in [0, 0.05) is 36.2 Å². The van der Waals surface area contributed by atoms with Crippen LogP contribution in [0.2, 0.25) is 5.02 Å². The smallest absolute Gasteiger partial charge is 0.326 e. The summed E-state index contributed by atoms with van der Waals surface area (Å²) < 4.78 is 5.12. The molecule has 8 nitrogen and oxygen atoms in total. The number of ketones is 1. The molecule has 1 amide bonds. The number of benzene rings is 1. The van der Waals surface area contributed by atoms with E-state index in [2.05, 4.69) is 15.3 Å². The number of Topliss-reactive ketones (excluding diaryl/α,β-unsaturated/α-hetero) is 1. The zero-order valence-corrected chi connectivity index (χ0v) is 14.7. The summed E-state index contributed by atoms with van der Waals surface area (Å²) in [4.78, 5) is 42.2. The molecule has 1 heterocycles. The number of rotatable bonds is 9. The van der Waals surface area contributed by atoms with Crippen molar-refractivity contribution in [2.45, 2.75) is 25.3 Å². The van der Waals surface area contributed by atoms with Crippen molar-refractivity contribution in [3.63, 3.8) is 0 Å². The minimum atomic E-state index is -1.17. The molecule has 9 heteroatoms. The Morgan fingerprint density at radius 2 is 2.12 bits per heavy atom. The van der Waals surface area contributed by atoms with Gasteiger partial charge in [-0.2, -0.15) is 0 Å². The summed E-state index contributed by atoms with van der Waals surface area (Å²) in [5.74, 6) is -1.66. The van der Waals surface area contributed by atoms with Gasteiger partial charge in [-0.1, -0.05) is 11.6 Å². The number of halogens is 1. The van der Waals surface area contributed by atoms with Crippen molar-refractivity contribution in [2.75, 3.05) is 7.11 Å². The molecule has 0 radical (unpaired) electrons. The molecule has 26 heavy (non-hydrogen) atoms. The van der Waals surface area contributed by atoms with Crippen LogP contribution in [0.1, 0.15) is 28.9 Å². The van der Waals surface area contributed by atoms with E-state index < -0.39 is 17.9 Å². The standard InChI is InChI=1S/C17H18ClN3O5/c1-26-15-4-2-10(18)6-12(15)14(22)3-5-16(23)21-13(17(24)25)7-11-8-19-9-20-11/h2,4,6,8-9,13H,3,5,7H2,1H3,(H,19,20)(H,21,23)(H,24,25). The Morgan fingerprint density at radius 3 is 2.73 bits per heavy atom. The topological polar surface area (TPSA) is 121 Å². The van der Waals surface area contributed by atoms with E-state index in [-0.39, 0.29) is 30.6 Å². The van der Waals surface area contributed by atoms with Crippen molar-refractivity contribution in [3.05, 3.63) is 47.0 Å². The minimum Gasteiger partial charge on any atom is -0.496 e. The predicted octanol–water partition coefficient (Wildman–Crippen LogP) is 1.85. The molecule has 1 aromatic heterocycles. The first-order valence-electron chi connectivity index (χ1n) is 7.77. The van der Waals surface area contributed by atoms with E-state index in [0.717, 1.165) is 0 Å². The van der Waals surface area contributed by atoms with Gasteiger partial charge in [-0.05, 0) is 18.2 Å². The summed E-state index contributed by atoms with van der Waals surface area (Å²) in [6.45, 7) is 0. The highest BCUT2D eigenvalue weighted by Gasteiger charge is 2.22. The van der Waals surface area contributed by atoms with E-state index in [1.165, 1.54) is 25.7 Å². The SMILES string of the molecule is COc1ccc(Cl)cc1C(=O)CCC(=O)NC(Cc1cnc[nH]1)C(=O)O. The second-order valence-corrected chi connectivity index (χ2v) is 5.94. The fraction of sp³-hybridized carbons (Fsp3) is 0.294. The van der Waals surface area contributed by atoms with Crippen LogP contribution in [-0.4, -0.2) is 45.9 Å². The summed E-state index contributed by atoms with van der Waals surface area (Å²) in [6, 6.07) is 3.52. The number of aromatic amines is 1. The highest BCUT2D eigenvalue weighted by atomic mass is 35.5. The normalized spacial score (nSPS) is 11.6. The third-order valence-corrected chi connectivity index (χ3v) is 3.89. The largest absolute Gasteiger partial charge is 0.496 e. The minimum absolute atomic E-state index is 0.0666. The average Bonchev–Trinajstić information content (AvgIpc) is 3.12. The van der Waals surface area contributed by atoms with E-state index in [1.807, 2.05) is 0 Å². The number of carboxylic acids is 1. The first-order chi connectivity index (χ1) is 12.4. The van der Waals surface area contributed by atoms with Crippen molar-refractivity contribution >= 4 is 29.3 Å². The third kappa shape index (κ3) is 5.32. The Kier molecular flexibility index (Phi) is 6.74. The number of nitrogens with one attached hydrogen (secondary N) is 2. The molecule has 0 saturated heterocycles. The Balaban J connectivity index is 1.93. The molecule has 138 valence electrons. The number of ether oxygens (including phenoxy) is 1. The number of carbonyl (C=O) groups is 3. The van der Waals surface area contributed by atoms with E-state index in [1.54, 1.807) is 12.1 Å². The number of hydrogen-bond donors (Lipinski definition) is 3. The monoisotopic (exact) mass is 379 g/mol. The molecule has 0 aliphatic heterocycles. The molecule has 0 saturated carbocycles. The molecule has 1 unspecified atom stereocenters. The average molecular weight is 380 g/mol. The molecule has 0 aliphatic rings. The number of H-pyrrole nitrogens is 1. The number of methoxy groups -OCH3 is 1. The molecule has 0 spiro atoms. The quantitative estimate of drug-likeness (QED) is 0.571. The van der Waals surface area contributed by atoms with Crippen molar-refractivity contribution < 1.29 is 24.2 Å². The van der Waals surface area contributed by atoms with Gasteiger partial charge >= 0.3 is 5.97 Å². The third-order valence-electron chi connectivity index (χ3n) is 3.65. The molecule has 2 aromatic rings. The molecule has 0 fully saturated rings. The van der Waals surface area contributed by atoms with Gasteiger partial charge in [0.05, 0.1) is 19.0 Å². The van der Waals surface area contributed by atoms with Gasteiger partial charge in [-0.15, -0.1) is 0 Å². The molecule has 3 N–H and O–H groups in total. The lowest BCUT2D eigenvalue weighted by Gasteiger charge is -2.13. The Hall–Kier alpha value is -2.87. The van der Waals surface area contributed by atoms with E-state index in [0.29, 0.717) is 16.5 Å². The fourth-order valence-electron chi connectivity index (χ4n) is 2.34. The second-order valence-electron chi connectivity index (χ2n) is 5.51. The van der Waals surface area contributed by atoms with Gasteiger partial charge in [0.15, 0.2) is 5.78 Å². The number of amides is 1. The van der Waals surface area contributed by atoms with E-state index >= 15 is 0 Å². The van der Waals surface area contributed by atoms with Gasteiger partial charge in [0.2, 0.25) is 5.91 Å². The summed E-state index contributed by atoms with van der Waals surface area (Å²) >= 11 is 5.89. The molecule has 1 aromatic carbocycles. The number of nitrogens with zero attached hydrogens (tertiary/aromatic N) is 1. The van der Waals surface area contributed by atoms with Crippen molar-refractivity contribution in [3.8, 4) is 5.75 Å². The summed E-state index contributed by atoms with van der Waals surface area (Å²) in [5, 5.41) is 12.0. The second kappa shape index (κ2) is 9.00. The molecule has 0 aliphatic carbocycles. The molecule has 1 atom stereocenters. The molecular weight excluding hydrogens is 362 g/mol. The lowest BCUT2D eigenvalue weighted by molar-refractivity contribution is -0.141. The maximum atomic E-state index is 12.3. The highest BCUT2D eigenvalue weighted by molar-refractivity contribution is 6.31. The maximum absolute atomic E-state index is 12.3. The van der Waals surface area contributed by atoms with Crippen LogP contribution in [0.15, 0.2) is 30.7 Å². The molecule has 0 bridgehead atoms. The van der Waals surface area contributed by atoms with Crippen LogP contribution in [0.25, 0.3) is 0 Å². The number of carboxylic acid groups (broad SMARTS) is 1. The summed E-state index contributed by atoms with van der Waals surface area (Å²) in [5.41, 5.74) is 0.859. The van der Waals surface area contributed by atoms with Gasteiger partial charge in [-0.25, -0.2) is 9.78 Å². The summed E-state index contributed by atoms with van der Waals surface area (Å²) in [6.07, 6.45) is 2.72. The zero-order chi connectivity index (χ0) is 19.1. The van der Waals surface area contributed by atoms with Crippen molar-refractivity contribution in [1.82, 2.24) is 15.3 Å². The van der Waals surface area contributed by atoms with Gasteiger partial charge in [0.25, 0.3) is 0 Å². The van der Waals surface area contributed by atoms with Gasteiger partial charge in [0.1, 0.15) is 11.8 Å². The number of aromatic nitrogens is 2. The molecular formula is C17H18ClN3O5. The lowest BCUT2D eigenvalue weighted by atomic mass is 10.0. The van der Waals surface area contributed by atoms with Gasteiger partial charge < -0.3 is 20.1 Å². The Morgan fingerprint density at radius 1 is 1.35 bits per heavy atom. The summed E-state index contributed by atoms with van der Waals surface area (Å²) in [7, 11) is 1.43. The van der Waals surface area contributed by atoms with Crippen molar-refractivity contribution in [2.24, 2.45) is 0 Å². The first kappa shape index (κ1) is 19.5. The lowest BCUT2D eigenvalue weighted by Crippen LogP contribution is -2.42. The van der Waals surface area contributed by atoms with Crippen LogP contribution < -0.4 is 10.1 Å². The fourth-order valence-corrected chi connectivity index (χ4v) is 2.51. The first-order valence-corrected chi connectivity index (χ1v) is 8.14. The molecule has 2 rings (SSSR count). The van der Waals surface area contributed by atoms with Crippen LogP contribution >= 0.6 is 11.6 Å². The van der Waals surface area contributed by atoms with E-state index in [4.69, 9.17) is 16.3 Å². The highest BCUT2D eigenvalue weighted by Crippen LogP contribution is 2.24. The number of aliphatic carboxylic acids is 1. The number of carbonyl (C=O) groups excluding carboxylic acids is 2. The van der Waals surface area contributed by atoms with Crippen LogP contribution in [0.4, 0.5) is 0 Å².